The molecule has 1 atom stereocenters. The number of hydrogen-bond acceptors (Lipinski definition) is 6. The molecule has 1 aromatic carbocycles. The second-order valence-corrected chi connectivity index (χ2v) is 7.28. The van der Waals surface area contributed by atoms with Crippen LogP contribution in [0.5, 0.6) is 0 Å². The summed E-state index contributed by atoms with van der Waals surface area (Å²) in [6.45, 7) is 1.50. The Labute approximate surface area is 146 Å². The van der Waals surface area contributed by atoms with E-state index in [9.17, 15) is 18.0 Å². The van der Waals surface area contributed by atoms with Crippen molar-refractivity contribution in [2.75, 3.05) is 11.0 Å². The summed E-state index contributed by atoms with van der Waals surface area (Å²) >= 11 is 0. The molecule has 1 unspecified atom stereocenters. The monoisotopic (exact) mass is 365 g/mol. The minimum atomic E-state index is -3.38. The molecule has 0 spiro atoms. The molecule has 1 heterocycles. The van der Waals surface area contributed by atoms with Crippen molar-refractivity contribution in [1.29, 1.82) is 0 Å². The van der Waals surface area contributed by atoms with Gasteiger partial charge in [0, 0.05) is 17.7 Å². The zero-order valence-electron chi connectivity index (χ0n) is 13.9. The average Bonchev–Trinajstić information content (AvgIpc) is 3.05. The minimum Gasteiger partial charge on any atom is -0.469 e. The number of Topliss-reactive ketones (excluding diaryl/α,β-unsaturated/α-hetero) is 1. The third-order valence-electron chi connectivity index (χ3n) is 3.31. The van der Waals surface area contributed by atoms with Crippen LogP contribution < -0.4 is 4.72 Å². The molecule has 0 radical (unpaired) electrons. The Morgan fingerprint density at radius 2 is 1.88 bits per heavy atom. The predicted molar refractivity (Wildman–Crippen MR) is 91.8 cm³/mol. The Bertz CT molecular complexity index is 825. The first-order chi connectivity index (χ1) is 11.7. The molecule has 1 N–H and O–H groups in total. The normalized spacial score (nSPS) is 12.4. The van der Waals surface area contributed by atoms with Crippen LogP contribution in [0.2, 0.25) is 0 Å². The molecule has 0 amide bonds. The molecular weight excluding hydrogens is 346 g/mol. The van der Waals surface area contributed by atoms with E-state index >= 15 is 0 Å². The van der Waals surface area contributed by atoms with Crippen molar-refractivity contribution in [1.82, 2.24) is 0 Å². The van der Waals surface area contributed by atoms with Crippen molar-refractivity contribution in [3.8, 4) is 0 Å². The van der Waals surface area contributed by atoms with E-state index < -0.39 is 22.1 Å². The Morgan fingerprint density at radius 3 is 2.44 bits per heavy atom. The van der Waals surface area contributed by atoms with Crippen molar-refractivity contribution >= 4 is 27.5 Å². The third kappa shape index (κ3) is 6.07. The van der Waals surface area contributed by atoms with Gasteiger partial charge in [0.15, 0.2) is 6.10 Å². The van der Waals surface area contributed by atoms with Crippen LogP contribution in [0.4, 0.5) is 5.69 Å². The Balaban J connectivity index is 1.89. The number of anilines is 1. The summed E-state index contributed by atoms with van der Waals surface area (Å²) in [7, 11) is -3.38. The summed E-state index contributed by atoms with van der Waals surface area (Å²) in [5.74, 6) is -0.185. The fraction of sp³-hybridized carbons (Fsp3) is 0.294. The van der Waals surface area contributed by atoms with Gasteiger partial charge in [-0.2, -0.15) is 0 Å². The van der Waals surface area contributed by atoms with E-state index in [4.69, 9.17) is 9.15 Å². The van der Waals surface area contributed by atoms with Gasteiger partial charge in [-0.3, -0.25) is 14.3 Å². The Kier molecular flexibility index (Phi) is 5.97. The van der Waals surface area contributed by atoms with Crippen LogP contribution in [0.15, 0.2) is 47.1 Å². The fourth-order valence-corrected chi connectivity index (χ4v) is 2.71. The lowest BCUT2D eigenvalue weighted by Gasteiger charge is -2.12. The summed E-state index contributed by atoms with van der Waals surface area (Å²) in [4.78, 5) is 24.1. The predicted octanol–water partition coefficient (Wildman–Crippen LogP) is 2.40. The maximum absolute atomic E-state index is 12.3. The number of hydrogen-bond donors (Lipinski definition) is 1. The van der Waals surface area contributed by atoms with E-state index in [2.05, 4.69) is 4.72 Å². The van der Waals surface area contributed by atoms with Crippen LogP contribution >= 0.6 is 0 Å². The number of sulfonamides is 1. The van der Waals surface area contributed by atoms with E-state index in [1.165, 1.54) is 37.5 Å². The van der Waals surface area contributed by atoms with Crippen molar-refractivity contribution in [2.45, 2.75) is 25.9 Å². The molecule has 25 heavy (non-hydrogen) atoms. The molecule has 0 bridgehead atoms. The van der Waals surface area contributed by atoms with E-state index in [0.717, 1.165) is 6.26 Å². The van der Waals surface area contributed by atoms with Crippen LogP contribution in [0.25, 0.3) is 0 Å². The molecule has 8 heteroatoms. The van der Waals surface area contributed by atoms with Crippen LogP contribution in [0.3, 0.4) is 0 Å². The van der Waals surface area contributed by atoms with E-state index in [1.54, 1.807) is 12.1 Å². The quantitative estimate of drug-likeness (QED) is 0.569. The number of nitrogens with one attached hydrogen (secondary N) is 1. The highest BCUT2D eigenvalue weighted by Crippen LogP contribution is 2.14. The number of benzene rings is 1. The van der Waals surface area contributed by atoms with Crippen molar-refractivity contribution < 1.29 is 27.2 Å². The van der Waals surface area contributed by atoms with Crippen molar-refractivity contribution in [2.24, 2.45) is 0 Å². The van der Waals surface area contributed by atoms with Crippen LogP contribution in [-0.4, -0.2) is 32.5 Å². The third-order valence-corrected chi connectivity index (χ3v) is 3.91. The van der Waals surface area contributed by atoms with Crippen LogP contribution in [0, 0.1) is 0 Å². The molecule has 0 aliphatic heterocycles. The van der Waals surface area contributed by atoms with Gasteiger partial charge in [0.05, 0.1) is 18.9 Å². The number of carbonyl (C=O) groups excluding carboxylic acids is 2. The molecule has 134 valence electrons. The Morgan fingerprint density at radius 1 is 1.20 bits per heavy atom. The molecule has 0 saturated carbocycles. The van der Waals surface area contributed by atoms with Gasteiger partial charge >= 0.3 is 5.97 Å². The maximum Gasteiger partial charge on any atom is 0.306 e. The van der Waals surface area contributed by atoms with Crippen molar-refractivity contribution in [3.05, 3.63) is 54.0 Å². The van der Waals surface area contributed by atoms with E-state index in [0.29, 0.717) is 23.4 Å². The second kappa shape index (κ2) is 7.98. The van der Waals surface area contributed by atoms with Gasteiger partial charge in [0.1, 0.15) is 5.76 Å². The Hall–Kier alpha value is -2.61. The van der Waals surface area contributed by atoms with E-state index in [1.807, 2.05) is 0 Å². The smallest absolute Gasteiger partial charge is 0.306 e. The lowest BCUT2D eigenvalue weighted by Crippen LogP contribution is -2.24. The van der Waals surface area contributed by atoms with Crippen molar-refractivity contribution in [3.63, 3.8) is 0 Å². The topological polar surface area (TPSA) is 103 Å². The average molecular weight is 365 g/mol. The molecule has 0 fully saturated rings. The van der Waals surface area contributed by atoms with Crippen LogP contribution in [0.1, 0.15) is 29.5 Å². The molecule has 0 aliphatic rings. The maximum atomic E-state index is 12.3. The first-order valence-corrected chi connectivity index (χ1v) is 9.47. The summed E-state index contributed by atoms with van der Waals surface area (Å²) < 4.78 is 34.9. The largest absolute Gasteiger partial charge is 0.469 e. The fourth-order valence-electron chi connectivity index (χ4n) is 2.14. The number of carbonyl (C=O) groups is 2. The standard InChI is InChI=1S/C17H19NO6S/c1-12(24-16(19)10-9-15-4-3-11-23-15)17(20)13-5-7-14(8-6-13)18-25(2,21)22/h3-8,11-12,18H,9-10H2,1-2H3. The molecule has 7 nitrogen and oxygen atoms in total. The number of esters is 1. The van der Waals surface area contributed by atoms with Gasteiger partial charge in [-0.1, -0.05) is 0 Å². The summed E-state index contributed by atoms with van der Waals surface area (Å²) in [5.41, 5.74) is 0.674. The van der Waals surface area contributed by atoms with Gasteiger partial charge in [-0.25, -0.2) is 8.42 Å². The van der Waals surface area contributed by atoms with Gasteiger partial charge in [0.2, 0.25) is 15.8 Å². The number of aryl methyl sites for hydroxylation is 1. The van der Waals surface area contributed by atoms with Crippen LogP contribution in [-0.2, 0) is 26.0 Å². The molecule has 0 aliphatic carbocycles. The van der Waals surface area contributed by atoms with E-state index in [-0.39, 0.29) is 12.2 Å². The van der Waals surface area contributed by atoms with Gasteiger partial charge in [-0.05, 0) is 43.3 Å². The van der Waals surface area contributed by atoms with Gasteiger partial charge in [-0.15, -0.1) is 0 Å². The highest BCUT2D eigenvalue weighted by molar-refractivity contribution is 7.92. The SMILES string of the molecule is CC(OC(=O)CCc1ccco1)C(=O)c1ccc(NS(C)(=O)=O)cc1. The van der Waals surface area contributed by atoms with Gasteiger partial charge < -0.3 is 9.15 Å². The summed E-state index contributed by atoms with van der Waals surface area (Å²) in [6.07, 6.45) is 2.14. The molecule has 2 rings (SSSR count). The molecular formula is C17H19NO6S. The number of ketones is 1. The number of ether oxygens (including phenoxy) is 1. The minimum absolute atomic E-state index is 0.113. The number of rotatable bonds is 8. The zero-order valence-corrected chi connectivity index (χ0v) is 14.7. The summed E-state index contributed by atoms with van der Waals surface area (Å²) in [5, 5.41) is 0. The zero-order chi connectivity index (χ0) is 18.4. The molecule has 2 aromatic rings. The highest BCUT2D eigenvalue weighted by Gasteiger charge is 2.19. The van der Waals surface area contributed by atoms with Gasteiger partial charge in [0.25, 0.3) is 0 Å². The second-order valence-electron chi connectivity index (χ2n) is 5.53. The first kappa shape index (κ1) is 18.7. The molecule has 1 aromatic heterocycles. The lowest BCUT2D eigenvalue weighted by molar-refractivity contribution is -0.146. The summed E-state index contributed by atoms with van der Waals surface area (Å²) in [6, 6.07) is 9.38. The first-order valence-electron chi connectivity index (χ1n) is 7.58. The number of furan rings is 1. The lowest BCUT2D eigenvalue weighted by atomic mass is 10.1. The highest BCUT2D eigenvalue weighted by atomic mass is 32.2. The molecule has 0 saturated heterocycles.